The Hall–Kier alpha value is -2.62. The smallest absolute Gasteiger partial charge is 0.122 e. The summed E-state index contributed by atoms with van der Waals surface area (Å²) in [5, 5.41) is 9.73. The van der Waals surface area contributed by atoms with Gasteiger partial charge in [0.25, 0.3) is 0 Å². The van der Waals surface area contributed by atoms with Crippen LogP contribution in [0, 0.1) is 0 Å². The first-order valence-electron chi connectivity index (χ1n) is 13.4. The molecule has 0 saturated carbocycles. The van der Waals surface area contributed by atoms with Gasteiger partial charge in [0.05, 0.1) is 21.3 Å². The molecular formula is C31H46O4. The van der Waals surface area contributed by atoms with Crippen LogP contribution in [0.5, 0.6) is 23.0 Å². The molecule has 0 fully saturated rings. The second-order valence-electron chi connectivity index (χ2n) is 9.34. The van der Waals surface area contributed by atoms with E-state index in [1.165, 1.54) is 76.2 Å². The van der Waals surface area contributed by atoms with E-state index in [0.29, 0.717) is 0 Å². The lowest BCUT2D eigenvalue weighted by Gasteiger charge is -2.08. The van der Waals surface area contributed by atoms with E-state index >= 15 is 0 Å². The number of ether oxygens (including phenoxy) is 3. The highest BCUT2D eigenvalue weighted by atomic mass is 16.5. The van der Waals surface area contributed by atoms with Crippen molar-refractivity contribution in [1.29, 1.82) is 0 Å². The SMILES string of the molecule is COc1cc(O)cc(CCCCCCC/C=C\CCCCCCCc2cc(OC)cc(OC)c2)c1. The van der Waals surface area contributed by atoms with E-state index in [1.807, 2.05) is 18.2 Å². The number of rotatable bonds is 19. The van der Waals surface area contributed by atoms with E-state index in [2.05, 4.69) is 24.3 Å². The van der Waals surface area contributed by atoms with Crippen molar-refractivity contribution in [2.45, 2.75) is 89.9 Å². The molecular weight excluding hydrogens is 436 g/mol. The maximum atomic E-state index is 9.73. The Morgan fingerprint density at radius 1 is 0.514 bits per heavy atom. The number of phenolic OH excluding ortho intramolecular Hbond substituents is 1. The first-order valence-corrected chi connectivity index (χ1v) is 13.4. The molecule has 0 aliphatic rings. The van der Waals surface area contributed by atoms with Gasteiger partial charge in [-0.15, -0.1) is 0 Å². The zero-order valence-corrected chi connectivity index (χ0v) is 22.2. The van der Waals surface area contributed by atoms with Gasteiger partial charge >= 0.3 is 0 Å². The zero-order chi connectivity index (χ0) is 25.1. The summed E-state index contributed by atoms with van der Waals surface area (Å²) in [6, 6.07) is 11.7. The maximum Gasteiger partial charge on any atom is 0.122 e. The predicted octanol–water partition coefficient (Wildman–Crippen LogP) is 8.44. The topological polar surface area (TPSA) is 47.9 Å². The van der Waals surface area contributed by atoms with Crippen LogP contribution in [0.25, 0.3) is 0 Å². The number of hydrogen-bond donors (Lipinski definition) is 1. The number of hydrogen-bond acceptors (Lipinski definition) is 4. The van der Waals surface area contributed by atoms with Gasteiger partial charge in [-0.05, 0) is 86.8 Å². The van der Waals surface area contributed by atoms with Crippen molar-refractivity contribution in [1.82, 2.24) is 0 Å². The molecule has 0 saturated heterocycles. The van der Waals surface area contributed by atoms with E-state index in [9.17, 15) is 5.11 Å². The number of phenols is 1. The first kappa shape index (κ1) is 28.6. The summed E-state index contributed by atoms with van der Waals surface area (Å²) in [6.45, 7) is 0. The van der Waals surface area contributed by atoms with Crippen molar-refractivity contribution in [3.63, 3.8) is 0 Å². The van der Waals surface area contributed by atoms with Crippen LogP contribution in [0.4, 0.5) is 0 Å². The minimum atomic E-state index is 0.289. The molecule has 0 aromatic heterocycles. The molecule has 194 valence electrons. The summed E-state index contributed by atoms with van der Waals surface area (Å²) in [5.41, 5.74) is 2.45. The fraction of sp³-hybridized carbons (Fsp3) is 0.548. The average molecular weight is 483 g/mol. The summed E-state index contributed by atoms with van der Waals surface area (Å²) in [5.74, 6) is 2.77. The number of aromatic hydroxyl groups is 1. The summed E-state index contributed by atoms with van der Waals surface area (Å²) in [6.07, 6.45) is 21.9. The number of allylic oxidation sites excluding steroid dienone is 2. The number of benzene rings is 2. The van der Waals surface area contributed by atoms with Crippen LogP contribution >= 0.6 is 0 Å². The van der Waals surface area contributed by atoms with Crippen molar-refractivity contribution in [3.05, 3.63) is 59.7 Å². The van der Waals surface area contributed by atoms with Crippen LogP contribution in [0.1, 0.15) is 88.2 Å². The second kappa shape index (κ2) is 17.8. The molecule has 1 N–H and O–H groups in total. The molecule has 0 unspecified atom stereocenters. The fourth-order valence-electron chi connectivity index (χ4n) is 4.40. The molecule has 35 heavy (non-hydrogen) atoms. The molecule has 4 heteroatoms. The molecule has 0 heterocycles. The predicted molar refractivity (Wildman–Crippen MR) is 146 cm³/mol. The Bertz CT molecular complexity index is 837. The van der Waals surface area contributed by atoms with E-state index in [-0.39, 0.29) is 5.75 Å². The highest BCUT2D eigenvalue weighted by molar-refractivity contribution is 5.38. The lowest BCUT2D eigenvalue weighted by atomic mass is 10.0. The molecule has 4 nitrogen and oxygen atoms in total. The molecule has 0 aliphatic carbocycles. The molecule has 2 aromatic rings. The van der Waals surface area contributed by atoms with Crippen molar-refractivity contribution in [2.75, 3.05) is 21.3 Å². The first-order chi connectivity index (χ1) is 17.1. The maximum absolute atomic E-state index is 9.73. The van der Waals surface area contributed by atoms with E-state index in [1.54, 1.807) is 27.4 Å². The minimum Gasteiger partial charge on any atom is -0.508 e. The third-order valence-electron chi connectivity index (χ3n) is 6.44. The van der Waals surface area contributed by atoms with Gasteiger partial charge in [-0.2, -0.15) is 0 Å². The van der Waals surface area contributed by atoms with Crippen molar-refractivity contribution in [3.8, 4) is 23.0 Å². The zero-order valence-electron chi connectivity index (χ0n) is 22.2. The van der Waals surface area contributed by atoms with Crippen molar-refractivity contribution in [2.24, 2.45) is 0 Å². The van der Waals surface area contributed by atoms with Gasteiger partial charge in [0, 0.05) is 12.1 Å². The van der Waals surface area contributed by atoms with Crippen LogP contribution in [0.3, 0.4) is 0 Å². The Labute approximate surface area is 213 Å². The van der Waals surface area contributed by atoms with E-state index in [4.69, 9.17) is 14.2 Å². The van der Waals surface area contributed by atoms with Crippen LogP contribution < -0.4 is 14.2 Å². The molecule has 0 atom stereocenters. The van der Waals surface area contributed by atoms with E-state index in [0.717, 1.165) is 42.1 Å². The van der Waals surface area contributed by atoms with Crippen LogP contribution in [0.15, 0.2) is 48.6 Å². The Morgan fingerprint density at radius 3 is 1.40 bits per heavy atom. The van der Waals surface area contributed by atoms with Gasteiger partial charge in [0.15, 0.2) is 0 Å². The normalized spacial score (nSPS) is 11.2. The quantitative estimate of drug-likeness (QED) is 0.161. The summed E-state index contributed by atoms with van der Waals surface area (Å²) in [4.78, 5) is 0. The van der Waals surface area contributed by atoms with Gasteiger partial charge < -0.3 is 19.3 Å². The van der Waals surface area contributed by atoms with Crippen molar-refractivity contribution >= 4 is 0 Å². The monoisotopic (exact) mass is 482 g/mol. The van der Waals surface area contributed by atoms with Gasteiger partial charge in [-0.1, -0.05) is 50.7 Å². The lowest BCUT2D eigenvalue weighted by molar-refractivity contribution is 0.393. The number of aryl methyl sites for hydroxylation is 2. The Kier molecular flexibility index (Phi) is 14.5. The van der Waals surface area contributed by atoms with Gasteiger partial charge in [0.2, 0.25) is 0 Å². The Balaban J connectivity index is 1.40. The fourth-order valence-corrected chi connectivity index (χ4v) is 4.40. The molecule has 0 aliphatic heterocycles. The Morgan fingerprint density at radius 2 is 0.914 bits per heavy atom. The second-order valence-corrected chi connectivity index (χ2v) is 9.34. The van der Waals surface area contributed by atoms with Crippen LogP contribution in [0.2, 0.25) is 0 Å². The summed E-state index contributed by atoms with van der Waals surface area (Å²) >= 11 is 0. The standard InChI is InChI=1S/C31H46O4/c1-33-29-21-26(20-28(32)24-29)18-16-14-12-10-8-6-4-5-7-9-11-13-15-17-19-27-22-30(34-2)25-31(23-27)35-3/h4-5,20-25,32H,6-19H2,1-3H3/b5-4-. The highest BCUT2D eigenvalue weighted by Gasteiger charge is 2.02. The molecule has 2 aromatic carbocycles. The largest absolute Gasteiger partial charge is 0.508 e. The van der Waals surface area contributed by atoms with Gasteiger partial charge in [-0.3, -0.25) is 0 Å². The minimum absolute atomic E-state index is 0.289. The van der Waals surface area contributed by atoms with Crippen LogP contribution in [-0.4, -0.2) is 26.4 Å². The number of methoxy groups -OCH3 is 3. The number of unbranched alkanes of at least 4 members (excludes halogenated alkanes) is 10. The summed E-state index contributed by atoms with van der Waals surface area (Å²) < 4.78 is 15.9. The molecule has 0 amide bonds. The van der Waals surface area contributed by atoms with Gasteiger partial charge in [0.1, 0.15) is 23.0 Å². The molecule has 2 rings (SSSR count). The molecule has 0 spiro atoms. The van der Waals surface area contributed by atoms with Crippen molar-refractivity contribution < 1.29 is 19.3 Å². The summed E-state index contributed by atoms with van der Waals surface area (Å²) in [7, 11) is 5.04. The average Bonchev–Trinajstić information content (AvgIpc) is 2.87. The van der Waals surface area contributed by atoms with E-state index < -0.39 is 0 Å². The third kappa shape index (κ3) is 12.6. The lowest BCUT2D eigenvalue weighted by Crippen LogP contribution is -1.92. The molecule has 0 radical (unpaired) electrons. The van der Waals surface area contributed by atoms with Crippen LogP contribution in [-0.2, 0) is 12.8 Å². The highest BCUT2D eigenvalue weighted by Crippen LogP contribution is 2.24. The van der Waals surface area contributed by atoms with Gasteiger partial charge in [-0.25, -0.2) is 0 Å². The molecule has 0 bridgehead atoms. The third-order valence-corrected chi connectivity index (χ3v) is 6.44.